The van der Waals surface area contributed by atoms with Gasteiger partial charge < -0.3 is 5.32 Å². The maximum absolute atomic E-state index is 3.39. The molecule has 1 N–H and O–H groups in total. The number of thioether (sulfide) groups is 1. The standard InChI is InChI=1S/C11H24N2S/c1-9-7-11(12-3)5-6-13(9)10(2)8-14-4/h9-12H,5-8H2,1-4H3. The van der Waals surface area contributed by atoms with Crippen molar-refractivity contribution < 1.29 is 0 Å². The van der Waals surface area contributed by atoms with Crippen molar-refractivity contribution in [3.05, 3.63) is 0 Å². The van der Waals surface area contributed by atoms with Gasteiger partial charge in [0.2, 0.25) is 0 Å². The van der Waals surface area contributed by atoms with E-state index in [-0.39, 0.29) is 0 Å². The fourth-order valence-electron chi connectivity index (χ4n) is 2.44. The van der Waals surface area contributed by atoms with Crippen LogP contribution in [0.4, 0.5) is 0 Å². The summed E-state index contributed by atoms with van der Waals surface area (Å²) in [5.41, 5.74) is 0. The number of hydrogen-bond donors (Lipinski definition) is 1. The van der Waals surface area contributed by atoms with Crippen LogP contribution in [0.25, 0.3) is 0 Å². The van der Waals surface area contributed by atoms with E-state index in [4.69, 9.17) is 0 Å². The number of hydrogen-bond acceptors (Lipinski definition) is 3. The summed E-state index contributed by atoms with van der Waals surface area (Å²) in [5, 5.41) is 3.39. The SMILES string of the molecule is CNC1CCN(C(C)CSC)C(C)C1. The quantitative estimate of drug-likeness (QED) is 0.771. The molecule has 0 aromatic rings. The molecule has 1 saturated heterocycles. The lowest BCUT2D eigenvalue weighted by Crippen LogP contribution is -2.50. The molecule has 1 rings (SSSR count). The van der Waals surface area contributed by atoms with Crippen LogP contribution in [0.15, 0.2) is 0 Å². The highest BCUT2D eigenvalue weighted by Crippen LogP contribution is 2.20. The molecular weight excluding hydrogens is 192 g/mol. The second-order valence-corrected chi connectivity index (χ2v) is 5.31. The summed E-state index contributed by atoms with van der Waals surface area (Å²) >= 11 is 1.95. The smallest absolute Gasteiger partial charge is 0.0160 e. The first kappa shape index (κ1) is 12.3. The van der Waals surface area contributed by atoms with Crippen molar-refractivity contribution in [1.82, 2.24) is 10.2 Å². The van der Waals surface area contributed by atoms with Gasteiger partial charge in [-0.05, 0) is 40.0 Å². The van der Waals surface area contributed by atoms with Crippen molar-refractivity contribution in [2.24, 2.45) is 0 Å². The molecule has 1 aliphatic heterocycles. The topological polar surface area (TPSA) is 15.3 Å². The number of nitrogens with zero attached hydrogens (tertiary/aromatic N) is 1. The van der Waals surface area contributed by atoms with Gasteiger partial charge in [-0.2, -0.15) is 11.8 Å². The highest BCUT2D eigenvalue weighted by molar-refractivity contribution is 7.98. The van der Waals surface area contributed by atoms with E-state index in [2.05, 4.69) is 37.4 Å². The van der Waals surface area contributed by atoms with E-state index in [1.54, 1.807) is 0 Å². The monoisotopic (exact) mass is 216 g/mol. The predicted octanol–water partition coefficient (Wildman–Crippen LogP) is 1.81. The molecule has 0 aromatic heterocycles. The Hall–Kier alpha value is 0.270. The zero-order chi connectivity index (χ0) is 10.6. The molecule has 0 aliphatic carbocycles. The van der Waals surface area contributed by atoms with Crippen molar-refractivity contribution in [2.75, 3.05) is 25.6 Å². The first-order valence-corrected chi connectivity index (χ1v) is 7.00. The molecule has 84 valence electrons. The summed E-state index contributed by atoms with van der Waals surface area (Å²) in [4.78, 5) is 2.66. The van der Waals surface area contributed by atoms with Crippen LogP contribution in [0.2, 0.25) is 0 Å². The lowest BCUT2D eigenvalue weighted by molar-refractivity contribution is 0.108. The second kappa shape index (κ2) is 5.99. The molecule has 1 heterocycles. The molecule has 2 nitrogen and oxygen atoms in total. The maximum Gasteiger partial charge on any atom is 0.0160 e. The summed E-state index contributed by atoms with van der Waals surface area (Å²) in [5.74, 6) is 1.26. The highest BCUT2D eigenvalue weighted by Gasteiger charge is 2.27. The van der Waals surface area contributed by atoms with Crippen molar-refractivity contribution in [1.29, 1.82) is 0 Å². The van der Waals surface area contributed by atoms with Crippen molar-refractivity contribution in [3.63, 3.8) is 0 Å². The number of nitrogens with one attached hydrogen (secondary N) is 1. The number of likely N-dealkylation sites (tertiary alicyclic amines) is 1. The summed E-state index contributed by atoms with van der Waals surface area (Å²) in [6.45, 7) is 5.97. The molecule has 3 heteroatoms. The van der Waals surface area contributed by atoms with Crippen molar-refractivity contribution >= 4 is 11.8 Å². The third-order valence-electron chi connectivity index (χ3n) is 3.31. The average Bonchev–Trinajstić information content (AvgIpc) is 2.17. The summed E-state index contributed by atoms with van der Waals surface area (Å²) < 4.78 is 0. The van der Waals surface area contributed by atoms with E-state index in [0.717, 1.165) is 18.1 Å². The largest absolute Gasteiger partial charge is 0.317 e. The molecule has 0 radical (unpaired) electrons. The van der Waals surface area contributed by atoms with Gasteiger partial charge in [0, 0.05) is 30.4 Å². The summed E-state index contributed by atoms with van der Waals surface area (Å²) in [6, 6.07) is 2.21. The molecule has 0 saturated carbocycles. The Morgan fingerprint density at radius 2 is 2.29 bits per heavy atom. The number of rotatable bonds is 4. The molecule has 0 amide bonds. The van der Waals surface area contributed by atoms with Crippen LogP contribution < -0.4 is 5.32 Å². The van der Waals surface area contributed by atoms with Crippen LogP contribution in [0.1, 0.15) is 26.7 Å². The van der Waals surface area contributed by atoms with Crippen LogP contribution in [0.5, 0.6) is 0 Å². The minimum absolute atomic E-state index is 0.734. The maximum atomic E-state index is 3.39. The van der Waals surface area contributed by atoms with E-state index >= 15 is 0 Å². The first-order valence-electron chi connectivity index (χ1n) is 5.61. The van der Waals surface area contributed by atoms with Gasteiger partial charge in [-0.25, -0.2) is 0 Å². The second-order valence-electron chi connectivity index (χ2n) is 4.40. The van der Waals surface area contributed by atoms with E-state index in [9.17, 15) is 0 Å². The van der Waals surface area contributed by atoms with Gasteiger partial charge in [-0.3, -0.25) is 4.90 Å². The molecule has 3 atom stereocenters. The van der Waals surface area contributed by atoms with Gasteiger partial charge >= 0.3 is 0 Å². The third-order valence-corrected chi connectivity index (χ3v) is 4.13. The molecule has 3 unspecified atom stereocenters. The fourth-order valence-corrected chi connectivity index (χ4v) is 3.12. The van der Waals surface area contributed by atoms with Gasteiger partial charge in [0.15, 0.2) is 0 Å². The number of piperidine rings is 1. The minimum atomic E-state index is 0.734. The van der Waals surface area contributed by atoms with Gasteiger partial charge in [-0.15, -0.1) is 0 Å². The van der Waals surface area contributed by atoms with Gasteiger partial charge in [0.25, 0.3) is 0 Å². The van der Waals surface area contributed by atoms with E-state index in [1.807, 2.05) is 11.8 Å². The highest BCUT2D eigenvalue weighted by atomic mass is 32.2. The normalized spacial score (nSPS) is 31.7. The summed E-state index contributed by atoms with van der Waals surface area (Å²) in [7, 11) is 2.08. The lowest BCUT2D eigenvalue weighted by Gasteiger charge is -2.41. The molecule has 0 bridgehead atoms. The Morgan fingerprint density at radius 3 is 2.79 bits per heavy atom. The third kappa shape index (κ3) is 3.14. The first-order chi connectivity index (χ1) is 6.69. The molecule has 14 heavy (non-hydrogen) atoms. The zero-order valence-electron chi connectivity index (χ0n) is 9.92. The molecule has 0 spiro atoms. The average molecular weight is 216 g/mol. The van der Waals surface area contributed by atoms with Crippen LogP contribution in [-0.4, -0.2) is 48.6 Å². The summed E-state index contributed by atoms with van der Waals surface area (Å²) in [6.07, 6.45) is 4.80. The Balaban J connectivity index is 2.40. The molecule has 1 aliphatic rings. The van der Waals surface area contributed by atoms with E-state index < -0.39 is 0 Å². The van der Waals surface area contributed by atoms with Crippen molar-refractivity contribution in [2.45, 2.75) is 44.8 Å². The molecule has 0 aromatic carbocycles. The lowest BCUT2D eigenvalue weighted by atomic mass is 9.97. The van der Waals surface area contributed by atoms with Crippen LogP contribution in [0.3, 0.4) is 0 Å². The molecular formula is C11H24N2S. The fraction of sp³-hybridized carbons (Fsp3) is 1.00. The molecule has 1 fully saturated rings. The zero-order valence-corrected chi connectivity index (χ0v) is 10.7. The van der Waals surface area contributed by atoms with Gasteiger partial charge in [-0.1, -0.05) is 0 Å². The van der Waals surface area contributed by atoms with E-state index in [0.29, 0.717) is 0 Å². The van der Waals surface area contributed by atoms with Gasteiger partial charge in [0.05, 0.1) is 0 Å². The Kier molecular flexibility index (Phi) is 5.28. The van der Waals surface area contributed by atoms with Gasteiger partial charge in [0.1, 0.15) is 0 Å². The van der Waals surface area contributed by atoms with Crippen LogP contribution in [0, 0.1) is 0 Å². The van der Waals surface area contributed by atoms with Crippen LogP contribution in [-0.2, 0) is 0 Å². The predicted molar refractivity (Wildman–Crippen MR) is 66.1 cm³/mol. The Morgan fingerprint density at radius 1 is 1.57 bits per heavy atom. The Bertz CT molecular complexity index is 163. The Labute approximate surface area is 92.8 Å². The van der Waals surface area contributed by atoms with E-state index in [1.165, 1.54) is 25.1 Å². The minimum Gasteiger partial charge on any atom is -0.317 e. The van der Waals surface area contributed by atoms with Crippen molar-refractivity contribution in [3.8, 4) is 0 Å². The van der Waals surface area contributed by atoms with Crippen LogP contribution >= 0.6 is 11.8 Å².